The van der Waals surface area contributed by atoms with Gasteiger partial charge in [-0.3, -0.25) is 0 Å². The topological polar surface area (TPSA) is 155 Å². The lowest BCUT2D eigenvalue weighted by atomic mass is 9.66. The zero-order valence-corrected chi connectivity index (χ0v) is 38.8. The monoisotopic (exact) mass is 938 g/mol. The Bertz CT molecular complexity index is 3530. The predicted octanol–water partition coefficient (Wildman–Crippen LogP) is 12.1. The standard InChI is InChI=1S/C61H38N12/c1-5-17-39(18-6-1)53-62-35-66-57(70-53)43-29-44(58-67-36-63-54(71-58)40-19-7-2-8-20-40)32-47(31-43)61(51-27-15-13-25-49(51)50-26-14-16-28-52(50)61)48-33-45(59-68-37-64-55(72-59)41-21-9-3-10-22-41)30-46(34-48)60-69-38-65-56(73-60)42-23-11-4-12-24-42/h1-38H. The van der Waals surface area contributed by atoms with Crippen LogP contribution >= 0.6 is 0 Å². The van der Waals surface area contributed by atoms with Gasteiger partial charge in [-0.2, -0.15) is 0 Å². The van der Waals surface area contributed by atoms with Crippen molar-refractivity contribution in [2.45, 2.75) is 5.41 Å². The summed E-state index contributed by atoms with van der Waals surface area (Å²) in [5.74, 6) is 4.12. The average Bonchev–Trinajstić information content (AvgIpc) is 3.80. The van der Waals surface area contributed by atoms with E-state index >= 15 is 0 Å². The minimum absolute atomic E-state index is 0.482. The van der Waals surface area contributed by atoms with Crippen LogP contribution < -0.4 is 0 Å². The molecule has 0 bridgehead atoms. The van der Waals surface area contributed by atoms with Gasteiger partial charge in [0.15, 0.2) is 46.6 Å². The van der Waals surface area contributed by atoms with Crippen molar-refractivity contribution in [1.82, 2.24) is 59.8 Å². The van der Waals surface area contributed by atoms with Crippen molar-refractivity contribution in [2.75, 3.05) is 0 Å². The van der Waals surface area contributed by atoms with Gasteiger partial charge in [0.25, 0.3) is 0 Å². The minimum atomic E-state index is -1.02. The van der Waals surface area contributed by atoms with Gasteiger partial charge in [0.1, 0.15) is 25.3 Å². The first-order chi connectivity index (χ1) is 36.2. The third-order valence-electron chi connectivity index (χ3n) is 13.1. The van der Waals surface area contributed by atoms with E-state index in [2.05, 4.69) is 92.7 Å². The summed E-state index contributed by atoms with van der Waals surface area (Å²) in [6.45, 7) is 0. The van der Waals surface area contributed by atoms with Crippen LogP contribution in [0.15, 0.2) is 232 Å². The second-order valence-electron chi connectivity index (χ2n) is 17.4. The van der Waals surface area contributed by atoms with Gasteiger partial charge in [0.2, 0.25) is 0 Å². The largest absolute Gasteiger partial charge is 0.217 e. The van der Waals surface area contributed by atoms with Crippen LogP contribution in [0.5, 0.6) is 0 Å². The predicted molar refractivity (Wildman–Crippen MR) is 281 cm³/mol. The lowest BCUT2D eigenvalue weighted by molar-refractivity contribution is 0.768. The fourth-order valence-corrected chi connectivity index (χ4v) is 9.88. The van der Waals surface area contributed by atoms with Crippen molar-refractivity contribution in [3.8, 4) is 102 Å². The van der Waals surface area contributed by atoms with Gasteiger partial charge in [-0.15, -0.1) is 0 Å². The Morgan fingerprint density at radius 2 is 0.452 bits per heavy atom. The molecule has 0 spiro atoms. The molecule has 12 heteroatoms. The highest BCUT2D eigenvalue weighted by atomic mass is 15.0. The molecule has 0 saturated carbocycles. The zero-order chi connectivity index (χ0) is 48.6. The molecule has 0 fully saturated rings. The molecule has 1 aliphatic rings. The quantitative estimate of drug-likeness (QED) is 0.128. The van der Waals surface area contributed by atoms with Crippen LogP contribution in [-0.4, -0.2) is 59.8 Å². The van der Waals surface area contributed by atoms with Crippen LogP contribution in [0.25, 0.3) is 102 Å². The van der Waals surface area contributed by atoms with Crippen molar-refractivity contribution < 1.29 is 0 Å². The van der Waals surface area contributed by atoms with E-state index < -0.39 is 5.41 Å². The van der Waals surface area contributed by atoms with Gasteiger partial charge in [-0.05, 0) is 69.8 Å². The molecule has 4 aromatic heterocycles. The minimum Gasteiger partial charge on any atom is -0.217 e. The van der Waals surface area contributed by atoms with Gasteiger partial charge in [-0.25, -0.2) is 59.8 Å². The van der Waals surface area contributed by atoms with Gasteiger partial charge in [-0.1, -0.05) is 170 Å². The maximum atomic E-state index is 5.12. The molecule has 0 aliphatic heterocycles. The van der Waals surface area contributed by atoms with Crippen molar-refractivity contribution in [3.63, 3.8) is 0 Å². The number of aromatic nitrogens is 12. The summed E-state index contributed by atoms with van der Waals surface area (Å²) >= 11 is 0. The van der Waals surface area contributed by atoms with E-state index in [-0.39, 0.29) is 0 Å². The molecule has 0 amide bonds. The van der Waals surface area contributed by atoms with Gasteiger partial charge in [0.05, 0.1) is 5.41 Å². The van der Waals surface area contributed by atoms with Gasteiger partial charge in [0, 0.05) is 44.5 Å². The molecular formula is C61H38N12. The van der Waals surface area contributed by atoms with Crippen molar-refractivity contribution in [3.05, 3.63) is 254 Å². The molecule has 12 aromatic rings. The average molecular weight is 939 g/mol. The van der Waals surface area contributed by atoms with E-state index in [4.69, 9.17) is 39.9 Å². The summed E-state index contributed by atoms with van der Waals surface area (Å²) in [4.78, 5) is 58.3. The van der Waals surface area contributed by atoms with Crippen molar-refractivity contribution in [2.24, 2.45) is 0 Å². The Morgan fingerprint density at radius 3 is 0.726 bits per heavy atom. The van der Waals surface area contributed by atoms with Crippen LogP contribution in [0.3, 0.4) is 0 Å². The summed E-state index contributed by atoms with van der Waals surface area (Å²) in [5.41, 5.74) is 11.5. The van der Waals surface area contributed by atoms with E-state index in [1.807, 2.05) is 133 Å². The molecular weight excluding hydrogens is 901 g/mol. The third-order valence-corrected chi connectivity index (χ3v) is 13.1. The van der Waals surface area contributed by atoms with E-state index in [1.165, 1.54) is 0 Å². The molecule has 12 nitrogen and oxygen atoms in total. The molecule has 1 aliphatic carbocycles. The van der Waals surface area contributed by atoms with Crippen molar-refractivity contribution in [1.29, 1.82) is 0 Å². The second-order valence-corrected chi connectivity index (χ2v) is 17.4. The first-order valence-corrected chi connectivity index (χ1v) is 23.7. The van der Waals surface area contributed by atoms with Gasteiger partial charge >= 0.3 is 0 Å². The molecule has 0 radical (unpaired) electrons. The number of fused-ring (bicyclic) bond motifs is 3. The summed E-state index contributed by atoms with van der Waals surface area (Å²) < 4.78 is 0. The number of hydrogen-bond acceptors (Lipinski definition) is 12. The van der Waals surface area contributed by atoms with E-state index in [1.54, 1.807) is 25.3 Å². The summed E-state index contributed by atoms with van der Waals surface area (Å²) in [6.07, 6.45) is 6.26. The molecule has 4 heterocycles. The first-order valence-electron chi connectivity index (χ1n) is 23.7. The molecule has 13 rings (SSSR count). The maximum absolute atomic E-state index is 5.12. The Kier molecular flexibility index (Phi) is 10.7. The van der Waals surface area contributed by atoms with Crippen molar-refractivity contribution >= 4 is 0 Å². The highest BCUT2D eigenvalue weighted by molar-refractivity contribution is 5.88. The molecule has 73 heavy (non-hydrogen) atoms. The highest BCUT2D eigenvalue weighted by Crippen LogP contribution is 2.57. The zero-order valence-electron chi connectivity index (χ0n) is 38.8. The van der Waals surface area contributed by atoms with Crippen LogP contribution in [0.2, 0.25) is 0 Å². The lowest BCUT2D eigenvalue weighted by Crippen LogP contribution is -2.29. The fraction of sp³-hybridized carbons (Fsp3) is 0.0164. The number of rotatable bonds is 10. The number of benzene rings is 8. The Morgan fingerprint density at radius 1 is 0.219 bits per heavy atom. The SMILES string of the molecule is c1ccc(-c2ncnc(-c3cc(-c4ncnc(-c5ccccc5)n4)cc(C4(c5cc(-c6ncnc(-c7ccccc7)n6)cc(-c6ncnc(-c7ccccc7)n6)c5)c5ccccc5-c5ccccc54)c3)n2)cc1. The van der Waals surface area contributed by atoms with Gasteiger partial charge < -0.3 is 0 Å². The van der Waals surface area contributed by atoms with E-state index in [0.717, 1.165) is 77.9 Å². The maximum Gasteiger partial charge on any atom is 0.163 e. The Balaban J connectivity index is 1.12. The highest BCUT2D eigenvalue weighted by Gasteiger charge is 2.47. The van der Waals surface area contributed by atoms with E-state index in [9.17, 15) is 0 Å². The second kappa shape index (κ2) is 18.3. The van der Waals surface area contributed by atoms with Crippen LogP contribution in [0.4, 0.5) is 0 Å². The summed E-state index contributed by atoms with van der Waals surface area (Å²) in [5, 5.41) is 0. The van der Waals surface area contributed by atoms with Crippen LogP contribution in [0, 0.1) is 0 Å². The lowest BCUT2D eigenvalue weighted by Gasteiger charge is -2.35. The van der Waals surface area contributed by atoms with Crippen LogP contribution in [-0.2, 0) is 5.41 Å². The van der Waals surface area contributed by atoms with Crippen LogP contribution in [0.1, 0.15) is 22.3 Å². The van der Waals surface area contributed by atoms with E-state index in [0.29, 0.717) is 46.6 Å². The smallest absolute Gasteiger partial charge is 0.163 e. The molecule has 0 unspecified atom stereocenters. The molecule has 342 valence electrons. The fourth-order valence-electron chi connectivity index (χ4n) is 9.88. The summed E-state index contributed by atoms with van der Waals surface area (Å²) in [6, 6.07) is 69.7. The molecule has 8 aromatic carbocycles. The Labute approximate surface area is 419 Å². The normalized spacial score (nSPS) is 12.2. The summed E-state index contributed by atoms with van der Waals surface area (Å²) in [7, 11) is 0. The molecule has 0 saturated heterocycles. The molecule has 0 N–H and O–H groups in total. The third kappa shape index (κ3) is 7.85. The first kappa shape index (κ1) is 42.9. The number of hydrogen-bond donors (Lipinski definition) is 0. The molecule has 0 atom stereocenters. The number of nitrogens with zero attached hydrogens (tertiary/aromatic N) is 12. The Hall–Kier alpha value is -10.2.